The molecular formula is C20H23ClN2O2. The van der Waals surface area contributed by atoms with Gasteiger partial charge in [0.05, 0.1) is 12.6 Å². The molecule has 0 bridgehead atoms. The van der Waals surface area contributed by atoms with Crippen molar-refractivity contribution in [3.05, 3.63) is 70.7 Å². The fourth-order valence-corrected chi connectivity index (χ4v) is 3.79. The molecule has 0 aliphatic carbocycles. The molecule has 0 radical (unpaired) electrons. The average molecular weight is 359 g/mol. The van der Waals surface area contributed by atoms with E-state index in [-0.39, 0.29) is 18.6 Å². The highest BCUT2D eigenvalue weighted by Crippen LogP contribution is 2.31. The Bertz CT molecular complexity index is 723. The Morgan fingerprint density at radius 2 is 1.88 bits per heavy atom. The number of hydrogen-bond acceptors (Lipinski definition) is 3. The molecule has 25 heavy (non-hydrogen) atoms. The number of carboxylic acid groups (broad SMARTS) is 1. The molecule has 5 heteroatoms. The van der Waals surface area contributed by atoms with Crippen molar-refractivity contribution in [3.8, 4) is 0 Å². The smallest absolute Gasteiger partial charge is 0.317 e. The second kappa shape index (κ2) is 8.00. The van der Waals surface area contributed by atoms with Gasteiger partial charge in [-0.25, -0.2) is 0 Å². The Morgan fingerprint density at radius 3 is 2.52 bits per heavy atom. The molecule has 0 amide bonds. The largest absolute Gasteiger partial charge is 0.480 e. The van der Waals surface area contributed by atoms with Crippen LogP contribution >= 0.6 is 11.6 Å². The highest BCUT2D eigenvalue weighted by Gasteiger charge is 2.30. The van der Waals surface area contributed by atoms with Crippen LogP contribution in [0, 0.1) is 0 Å². The first-order valence-electron chi connectivity index (χ1n) is 8.55. The second-order valence-electron chi connectivity index (χ2n) is 6.58. The van der Waals surface area contributed by atoms with E-state index in [9.17, 15) is 4.79 Å². The Balaban J connectivity index is 1.87. The van der Waals surface area contributed by atoms with Gasteiger partial charge in [-0.05, 0) is 30.2 Å². The Morgan fingerprint density at radius 1 is 1.16 bits per heavy atom. The van der Waals surface area contributed by atoms with Crippen LogP contribution in [0.2, 0.25) is 5.02 Å². The molecule has 1 fully saturated rings. The van der Waals surface area contributed by atoms with E-state index in [0.717, 1.165) is 30.2 Å². The molecule has 1 aliphatic rings. The van der Waals surface area contributed by atoms with Gasteiger partial charge in [-0.3, -0.25) is 14.6 Å². The van der Waals surface area contributed by atoms with Crippen LogP contribution in [0.3, 0.4) is 0 Å². The predicted octanol–water partition coefficient (Wildman–Crippen LogP) is 3.52. The van der Waals surface area contributed by atoms with Gasteiger partial charge in [-0.1, -0.05) is 54.1 Å². The van der Waals surface area contributed by atoms with Gasteiger partial charge in [0.25, 0.3) is 0 Å². The molecule has 2 atom stereocenters. The number of carbonyl (C=O) groups is 1. The molecule has 1 heterocycles. The molecule has 0 spiro atoms. The van der Waals surface area contributed by atoms with Crippen LogP contribution in [0.1, 0.15) is 24.1 Å². The summed E-state index contributed by atoms with van der Waals surface area (Å²) in [4.78, 5) is 15.5. The van der Waals surface area contributed by atoms with Gasteiger partial charge in [-0.2, -0.15) is 0 Å². The Labute approximate surface area is 153 Å². The maximum absolute atomic E-state index is 11.0. The summed E-state index contributed by atoms with van der Waals surface area (Å²) < 4.78 is 0. The Kier molecular flexibility index (Phi) is 5.74. The molecule has 3 rings (SSSR count). The zero-order chi connectivity index (χ0) is 17.8. The number of carboxylic acids is 1. The third-order valence-electron chi connectivity index (χ3n) is 4.78. The van der Waals surface area contributed by atoms with Crippen molar-refractivity contribution < 1.29 is 9.90 Å². The van der Waals surface area contributed by atoms with Crippen LogP contribution in [0.4, 0.5) is 0 Å². The van der Waals surface area contributed by atoms with Crippen LogP contribution in [0.25, 0.3) is 0 Å². The van der Waals surface area contributed by atoms with Gasteiger partial charge >= 0.3 is 5.97 Å². The average Bonchev–Trinajstić information content (AvgIpc) is 2.58. The lowest BCUT2D eigenvalue weighted by Crippen LogP contribution is -2.54. The second-order valence-corrected chi connectivity index (χ2v) is 7.01. The zero-order valence-electron chi connectivity index (χ0n) is 14.3. The van der Waals surface area contributed by atoms with Gasteiger partial charge < -0.3 is 5.11 Å². The number of halogens is 1. The van der Waals surface area contributed by atoms with E-state index in [4.69, 9.17) is 16.7 Å². The number of hydrogen-bond donors (Lipinski definition) is 1. The number of aliphatic carboxylic acids is 1. The summed E-state index contributed by atoms with van der Waals surface area (Å²) in [5.41, 5.74) is 2.39. The van der Waals surface area contributed by atoms with Crippen molar-refractivity contribution >= 4 is 17.6 Å². The number of nitrogens with zero attached hydrogens (tertiary/aromatic N) is 2. The van der Waals surface area contributed by atoms with Crippen LogP contribution in [-0.2, 0) is 4.79 Å². The van der Waals surface area contributed by atoms with Crippen molar-refractivity contribution in [2.45, 2.75) is 19.0 Å². The summed E-state index contributed by atoms with van der Waals surface area (Å²) in [6.07, 6.45) is 0. The molecule has 1 saturated heterocycles. The van der Waals surface area contributed by atoms with Gasteiger partial charge in [-0.15, -0.1) is 0 Å². The predicted molar refractivity (Wildman–Crippen MR) is 100.0 cm³/mol. The highest BCUT2D eigenvalue weighted by molar-refractivity contribution is 6.30. The van der Waals surface area contributed by atoms with Crippen molar-refractivity contribution in [2.24, 2.45) is 0 Å². The lowest BCUT2D eigenvalue weighted by atomic mass is 9.95. The van der Waals surface area contributed by atoms with Gasteiger partial charge in [0.15, 0.2) is 0 Å². The molecule has 1 N–H and O–H groups in total. The molecule has 1 aliphatic heterocycles. The molecule has 4 nitrogen and oxygen atoms in total. The SMILES string of the molecule is CC1CN(C(c2ccccc2)c2cccc(Cl)c2)CCN1CC(=O)O. The fraction of sp³-hybridized carbons (Fsp3) is 0.350. The molecule has 0 aromatic heterocycles. The van der Waals surface area contributed by atoms with Gasteiger partial charge in [0, 0.05) is 30.7 Å². The van der Waals surface area contributed by atoms with Crippen molar-refractivity contribution in [1.82, 2.24) is 9.80 Å². The normalized spacial score (nSPS) is 20.3. The Hall–Kier alpha value is -1.88. The van der Waals surface area contributed by atoms with Crippen molar-refractivity contribution in [1.29, 1.82) is 0 Å². The first-order chi connectivity index (χ1) is 12.0. The standard InChI is InChI=1S/C20H23ClN2O2/c1-15-13-23(11-10-22(15)14-19(24)25)20(16-6-3-2-4-7-16)17-8-5-9-18(21)12-17/h2-9,12,15,20H,10-11,13-14H2,1H3,(H,24,25). The topological polar surface area (TPSA) is 43.8 Å². The van der Waals surface area contributed by atoms with Gasteiger partial charge in [0.1, 0.15) is 0 Å². The number of benzene rings is 2. The molecule has 2 aromatic carbocycles. The quantitative estimate of drug-likeness (QED) is 0.888. The third-order valence-corrected chi connectivity index (χ3v) is 5.01. The van der Waals surface area contributed by atoms with Crippen LogP contribution in [-0.4, -0.2) is 53.1 Å². The summed E-state index contributed by atoms with van der Waals surface area (Å²) >= 11 is 6.23. The minimum atomic E-state index is -0.769. The minimum Gasteiger partial charge on any atom is -0.480 e. The summed E-state index contributed by atoms with van der Waals surface area (Å²) in [5, 5.41) is 9.81. The maximum atomic E-state index is 11.0. The van der Waals surface area contributed by atoms with E-state index in [1.165, 1.54) is 5.56 Å². The maximum Gasteiger partial charge on any atom is 0.317 e. The number of rotatable bonds is 5. The zero-order valence-corrected chi connectivity index (χ0v) is 15.1. The summed E-state index contributed by atoms with van der Waals surface area (Å²) in [6, 6.07) is 18.7. The van der Waals surface area contributed by atoms with Crippen molar-refractivity contribution in [2.75, 3.05) is 26.2 Å². The van der Waals surface area contributed by atoms with Crippen LogP contribution in [0.5, 0.6) is 0 Å². The van der Waals surface area contributed by atoms with Crippen LogP contribution in [0.15, 0.2) is 54.6 Å². The van der Waals surface area contributed by atoms with E-state index in [1.807, 2.05) is 29.2 Å². The van der Waals surface area contributed by atoms with Crippen molar-refractivity contribution in [3.63, 3.8) is 0 Å². The lowest BCUT2D eigenvalue weighted by molar-refractivity contribution is -0.139. The third kappa shape index (κ3) is 4.40. The number of piperazine rings is 1. The highest BCUT2D eigenvalue weighted by atomic mass is 35.5. The summed E-state index contributed by atoms with van der Waals surface area (Å²) in [5.74, 6) is -0.769. The molecule has 2 aromatic rings. The molecule has 0 saturated carbocycles. The summed E-state index contributed by atoms with van der Waals surface area (Å²) in [7, 11) is 0. The minimum absolute atomic E-state index is 0.0994. The fourth-order valence-electron chi connectivity index (χ4n) is 3.59. The lowest BCUT2D eigenvalue weighted by Gasteiger charge is -2.43. The van der Waals surface area contributed by atoms with E-state index >= 15 is 0 Å². The summed E-state index contributed by atoms with van der Waals surface area (Å²) in [6.45, 7) is 4.58. The van der Waals surface area contributed by atoms with E-state index in [2.05, 4.69) is 42.2 Å². The first kappa shape index (κ1) is 17.9. The molecule has 2 unspecified atom stereocenters. The van der Waals surface area contributed by atoms with Gasteiger partial charge in [0.2, 0.25) is 0 Å². The first-order valence-corrected chi connectivity index (χ1v) is 8.92. The molecule has 132 valence electrons. The van der Waals surface area contributed by atoms with Crippen LogP contribution < -0.4 is 0 Å². The van der Waals surface area contributed by atoms with E-state index < -0.39 is 5.97 Å². The molecular weight excluding hydrogens is 336 g/mol. The monoisotopic (exact) mass is 358 g/mol. The van der Waals surface area contributed by atoms with E-state index in [1.54, 1.807) is 0 Å². The van der Waals surface area contributed by atoms with E-state index in [0.29, 0.717) is 0 Å².